The molecular formula is C40H45N5O9. The minimum absolute atomic E-state index is 0.0373. The molecule has 0 aliphatic heterocycles. The Balaban J connectivity index is 0.000000294. The Bertz CT molecular complexity index is 1980. The number of aryl methyl sites for hydroxylation is 2. The number of hydrogen-bond acceptors (Lipinski definition) is 11. The highest BCUT2D eigenvalue weighted by Crippen LogP contribution is 2.25. The van der Waals surface area contributed by atoms with Gasteiger partial charge in [0, 0.05) is 66.0 Å². The average molecular weight is 740 g/mol. The smallest absolute Gasteiger partial charge is 0.326 e. The molecule has 7 N–H and O–H groups in total. The van der Waals surface area contributed by atoms with E-state index in [2.05, 4.69) is 10.6 Å². The van der Waals surface area contributed by atoms with E-state index in [0.717, 1.165) is 11.1 Å². The van der Waals surface area contributed by atoms with E-state index in [1.807, 2.05) is 6.92 Å². The molecule has 0 radical (unpaired) electrons. The fourth-order valence-electron chi connectivity index (χ4n) is 5.23. The molecular weight excluding hydrogens is 694 g/mol. The summed E-state index contributed by atoms with van der Waals surface area (Å²) in [5.74, 6) is -1.09. The molecule has 4 rings (SSSR count). The van der Waals surface area contributed by atoms with Crippen molar-refractivity contribution in [3.05, 3.63) is 122 Å². The summed E-state index contributed by atoms with van der Waals surface area (Å²) in [5, 5.41) is 26.0. The Hall–Kier alpha value is -6.57. The van der Waals surface area contributed by atoms with Gasteiger partial charge in [-0.05, 0) is 87.2 Å². The zero-order valence-corrected chi connectivity index (χ0v) is 30.4. The Labute approximate surface area is 313 Å². The number of carboxylic acid groups (broad SMARTS) is 1. The standard InChI is InChI=1S/C21H25N3O5.C19H20N2O4/c1-15-6-9-20(21(12-15)24(27)28)23-10-2-4-17(26)5-3-11-29-18-8-7-16(14-25)19(22)13-18;1-11-3-6-14(7-4-11)18(23)21-17(19(24)25)10-13-5-8-15(12(2)22)16(20)9-13/h6-9,12-14,23H,2-5,10-11,22H2,1H3;3-9,17H,10,20H2,1-2H3,(H,21,23)(H,24,25). The van der Waals surface area contributed by atoms with E-state index in [4.69, 9.17) is 16.2 Å². The molecule has 14 heteroatoms. The molecule has 14 nitrogen and oxygen atoms in total. The lowest BCUT2D eigenvalue weighted by Gasteiger charge is -2.15. The van der Waals surface area contributed by atoms with E-state index in [1.54, 1.807) is 79.7 Å². The highest BCUT2D eigenvalue weighted by molar-refractivity contribution is 5.99. The number of aliphatic carboxylic acids is 1. The summed E-state index contributed by atoms with van der Waals surface area (Å²) in [6, 6.07) is 20.4. The van der Waals surface area contributed by atoms with E-state index in [0.29, 0.717) is 90.2 Å². The number of nitrogens with zero attached hydrogens (tertiary/aromatic N) is 1. The van der Waals surface area contributed by atoms with Gasteiger partial charge in [-0.2, -0.15) is 0 Å². The largest absolute Gasteiger partial charge is 0.494 e. The predicted octanol–water partition coefficient (Wildman–Crippen LogP) is 6.12. The number of nitro groups is 1. The van der Waals surface area contributed by atoms with Crippen LogP contribution in [-0.2, 0) is 16.0 Å². The maximum absolute atomic E-state index is 12.2. The van der Waals surface area contributed by atoms with Crippen LogP contribution in [0.5, 0.6) is 5.75 Å². The van der Waals surface area contributed by atoms with E-state index in [-0.39, 0.29) is 23.7 Å². The molecule has 0 fully saturated rings. The quantitative estimate of drug-likeness (QED) is 0.0194. The van der Waals surface area contributed by atoms with Gasteiger partial charge in [-0.1, -0.05) is 29.8 Å². The molecule has 4 aromatic carbocycles. The first-order valence-electron chi connectivity index (χ1n) is 17.2. The van der Waals surface area contributed by atoms with Crippen molar-refractivity contribution in [3.8, 4) is 5.75 Å². The van der Waals surface area contributed by atoms with E-state index in [9.17, 15) is 39.2 Å². The first-order valence-corrected chi connectivity index (χ1v) is 17.2. The van der Waals surface area contributed by atoms with Crippen LogP contribution >= 0.6 is 0 Å². The highest BCUT2D eigenvalue weighted by atomic mass is 16.6. The van der Waals surface area contributed by atoms with E-state index in [1.165, 1.54) is 13.0 Å². The minimum atomic E-state index is -1.14. The molecule has 284 valence electrons. The van der Waals surface area contributed by atoms with Gasteiger partial charge in [-0.15, -0.1) is 0 Å². The molecule has 1 unspecified atom stereocenters. The Morgan fingerprint density at radius 3 is 2.19 bits per heavy atom. The van der Waals surface area contributed by atoms with Crippen LogP contribution in [0.3, 0.4) is 0 Å². The van der Waals surface area contributed by atoms with Gasteiger partial charge in [-0.3, -0.25) is 29.3 Å². The molecule has 0 saturated heterocycles. The van der Waals surface area contributed by atoms with Crippen LogP contribution in [0, 0.1) is 24.0 Å². The van der Waals surface area contributed by atoms with Gasteiger partial charge in [0.15, 0.2) is 12.1 Å². The second-order valence-corrected chi connectivity index (χ2v) is 12.6. The first-order chi connectivity index (χ1) is 25.7. The number of benzene rings is 4. The monoisotopic (exact) mass is 739 g/mol. The van der Waals surface area contributed by atoms with Crippen LogP contribution in [-0.4, -0.2) is 59.0 Å². The number of rotatable bonds is 18. The van der Waals surface area contributed by atoms with Gasteiger partial charge in [0.05, 0.1) is 11.5 Å². The Morgan fingerprint density at radius 1 is 0.889 bits per heavy atom. The summed E-state index contributed by atoms with van der Waals surface area (Å²) in [5.41, 5.74) is 16.3. The lowest BCUT2D eigenvalue weighted by Crippen LogP contribution is -2.42. The first kappa shape index (κ1) is 41.8. The molecule has 0 aromatic heterocycles. The van der Waals surface area contributed by atoms with Crippen LogP contribution in [0.25, 0.3) is 0 Å². The van der Waals surface area contributed by atoms with Crippen LogP contribution in [0.15, 0.2) is 78.9 Å². The van der Waals surface area contributed by atoms with Crippen LogP contribution in [0.1, 0.15) is 80.4 Å². The number of anilines is 3. The van der Waals surface area contributed by atoms with Gasteiger partial charge < -0.3 is 31.9 Å². The number of ketones is 2. The van der Waals surface area contributed by atoms with Gasteiger partial charge >= 0.3 is 5.97 Å². The van der Waals surface area contributed by atoms with Crippen LogP contribution in [0.4, 0.5) is 22.7 Å². The van der Waals surface area contributed by atoms with Crippen molar-refractivity contribution in [1.29, 1.82) is 0 Å². The number of Topliss-reactive ketones (excluding diaryl/α,β-unsaturated/α-hetero) is 2. The van der Waals surface area contributed by atoms with Crippen molar-refractivity contribution in [3.63, 3.8) is 0 Å². The minimum Gasteiger partial charge on any atom is -0.494 e. The molecule has 1 amide bonds. The van der Waals surface area contributed by atoms with Crippen molar-refractivity contribution in [2.75, 3.05) is 29.9 Å². The SMILES string of the molecule is CC(=O)c1ccc(CC(NC(=O)c2ccc(C)cc2)C(=O)O)cc1N.Cc1ccc(NCCCC(=O)CCCOc2ccc(C=O)c(N)c2)c([N+](=O)[O-])c1. The third kappa shape index (κ3) is 13.2. The molecule has 0 heterocycles. The van der Waals surface area contributed by atoms with Gasteiger partial charge in [0.25, 0.3) is 11.6 Å². The second kappa shape index (κ2) is 20.5. The third-order valence-electron chi connectivity index (χ3n) is 8.20. The number of ether oxygens (including phenoxy) is 1. The van der Waals surface area contributed by atoms with E-state index >= 15 is 0 Å². The van der Waals surface area contributed by atoms with Crippen molar-refractivity contribution >= 4 is 52.5 Å². The van der Waals surface area contributed by atoms with Crippen molar-refractivity contribution in [1.82, 2.24) is 5.32 Å². The number of carbonyl (C=O) groups is 5. The number of aldehydes is 1. The number of amides is 1. The van der Waals surface area contributed by atoms with E-state index < -0.39 is 22.8 Å². The molecule has 4 aromatic rings. The lowest BCUT2D eigenvalue weighted by atomic mass is 10.0. The average Bonchev–Trinajstić information content (AvgIpc) is 3.12. The predicted molar refractivity (Wildman–Crippen MR) is 206 cm³/mol. The number of nitrogens with one attached hydrogen (secondary N) is 2. The zero-order valence-electron chi connectivity index (χ0n) is 30.4. The number of carbonyl (C=O) groups excluding carboxylic acids is 4. The Morgan fingerprint density at radius 2 is 1.57 bits per heavy atom. The fourth-order valence-corrected chi connectivity index (χ4v) is 5.23. The Kier molecular flexibility index (Phi) is 15.9. The summed E-state index contributed by atoms with van der Waals surface area (Å²) in [6.45, 7) is 5.96. The van der Waals surface area contributed by atoms with Crippen LogP contribution < -0.4 is 26.8 Å². The number of nitro benzene ring substituents is 1. The molecule has 1 atom stereocenters. The second-order valence-electron chi connectivity index (χ2n) is 12.6. The summed E-state index contributed by atoms with van der Waals surface area (Å²) < 4.78 is 5.54. The number of carboxylic acids is 1. The summed E-state index contributed by atoms with van der Waals surface area (Å²) in [4.78, 5) is 68.5. The van der Waals surface area contributed by atoms with Gasteiger partial charge in [0.1, 0.15) is 23.3 Å². The molecule has 0 spiro atoms. The highest BCUT2D eigenvalue weighted by Gasteiger charge is 2.22. The molecule has 0 saturated carbocycles. The molecule has 0 aliphatic carbocycles. The number of nitrogens with two attached hydrogens (primary N) is 2. The molecule has 0 aliphatic rings. The topological polar surface area (TPSA) is 234 Å². The lowest BCUT2D eigenvalue weighted by molar-refractivity contribution is -0.384. The summed E-state index contributed by atoms with van der Waals surface area (Å²) in [6.07, 6.45) is 2.71. The number of nitrogen functional groups attached to an aromatic ring is 2. The van der Waals surface area contributed by atoms with Crippen molar-refractivity contribution < 1.29 is 38.7 Å². The zero-order chi connectivity index (χ0) is 39.8. The maximum Gasteiger partial charge on any atom is 0.326 e. The van der Waals surface area contributed by atoms with Gasteiger partial charge in [-0.25, -0.2) is 4.79 Å². The normalized spacial score (nSPS) is 10.9. The van der Waals surface area contributed by atoms with Crippen LogP contribution in [0.2, 0.25) is 0 Å². The fraction of sp³-hybridized carbons (Fsp3) is 0.275. The summed E-state index contributed by atoms with van der Waals surface area (Å²) >= 11 is 0. The van der Waals surface area contributed by atoms with Gasteiger partial charge in [0.2, 0.25) is 0 Å². The van der Waals surface area contributed by atoms with Crippen molar-refractivity contribution in [2.45, 2.75) is 58.9 Å². The summed E-state index contributed by atoms with van der Waals surface area (Å²) in [7, 11) is 0. The van der Waals surface area contributed by atoms with Crippen molar-refractivity contribution in [2.24, 2.45) is 0 Å². The third-order valence-corrected chi connectivity index (χ3v) is 8.20. The number of hydrogen-bond donors (Lipinski definition) is 5. The molecule has 0 bridgehead atoms. The molecule has 54 heavy (non-hydrogen) atoms. The maximum atomic E-state index is 12.2.